The van der Waals surface area contributed by atoms with Crippen LogP contribution in [0.15, 0.2) is 6.07 Å². The number of nitrogens with zero attached hydrogens (tertiary/aromatic N) is 3. The van der Waals surface area contributed by atoms with Gasteiger partial charge in [0.1, 0.15) is 5.69 Å². The van der Waals surface area contributed by atoms with Crippen molar-refractivity contribution < 1.29 is 4.79 Å². The van der Waals surface area contributed by atoms with Crippen LogP contribution in [0, 0.1) is 0 Å². The van der Waals surface area contributed by atoms with Gasteiger partial charge in [-0.25, -0.2) is 0 Å². The summed E-state index contributed by atoms with van der Waals surface area (Å²) in [7, 11) is 3.67. The summed E-state index contributed by atoms with van der Waals surface area (Å²) < 4.78 is 1.68. The molecule has 0 fully saturated rings. The molecule has 1 atom stereocenters. The molecule has 0 aromatic carbocycles. The third kappa shape index (κ3) is 2.92. The van der Waals surface area contributed by atoms with Crippen molar-refractivity contribution in [3.05, 3.63) is 17.5 Å². The molecule has 102 valence electrons. The molecule has 0 aliphatic carbocycles. The van der Waals surface area contributed by atoms with Crippen LogP contribution in [0.5, 0.6) is 0 Å². The Morgan fingerprint density at radius 3 is 2.44 bits per heavy atom. The highest BCUT2D eigenvalue weighted by molar-refractivity contribution is 5.92. The van der Waals surface area contributed by atoms with Gasteiger partial charge < -0.3 is 4.90 Å². The minimum atomic E-state index is -0.0365. The lowest BCUT2D eigenvalue weighted by molar-refractivity contribution is 0.0729. The third-order valence-electron chi connectivity index (χ3n) is 3.44. The minimum absolute atomic E-state index is 0.0365. The van der Waals surface area contributed by atoms with E-state index in [1.165, 1.54) is 0 Å². The van der Waals surface area contributed by atoms with Gasteiger partial charge in [0.25, 0.3) is 5.91 Å². The fourth-order valence-electron chi connectivity index (χ4n) is 1.69. The minimum Gasteiger partial charge on any atom is -0.338 e. The quantitative estimate of drug-likeness (QED) is 0.828. The van der Waals surface area contributed by atoms with Gasteiger partial charge in [-0.3, -0.25) is 9.48 Å². The van der Waals surface area contributed by atoms with E-state index in [2.05, 4.69) is 39.7 Å². The highest BCUT2D eigenvalue weighted by atomic mass is 16.2. The highest BCUT2D eigenvalue weighted by Crippen LogP contribution is 2.22. The second-order valence-electron chi connectivity index (χ2n) is 5.96. The molecular weight excluding hydrogens is 226 g/mol. The average molecular weight is 251 g/mol. The van der Waals surface area contributed by atoms with Crippen LogP contribution in [-0.4, -0.2) is 33.7 Å². The fraction of sp³-hybridized carbons (Fsp3) is 0.714. The molecule has 1 aromatic rings. The van der Waals surface area contributed by atoms with E-state index in [4.69, 9.17) is 0 Å². The molecular formula is C14H25N3O. The maximum absolute atomic E-state index is 12.4. The molecule has 0 radical (unpaired) electrons. The Hall–Kier alpha value is -1.32. The molecule has 0 saturated heterocycles. The first-order valence-electron chi connectivity index (χ1n) is 6.50. The SMILES string of the molecule is CCC(C)N(C)C(=O)c1cc(C(C)(C)C)nn1C. The van der Waals surface area contributed by atoms with Crippen molar-refractivity contribution in [2.24, 2.45) is 7.05 Å². The van der Waals surface area contributed by atoms with E-state index >= 15 is 0 Å². The van der Waals surface area contributed by atoms with Crippen molar-refractivity contribution in [2.45, 2.75) is 52.5 Å². The Balaban J connectivity index is 3.04. The van der Waals surface area contributed by atoms with E-state index in [1.54, 1.807) is 9.58 Å². The second-order valence-corrected chi connectivity index (χ2v) is 5.96. The van der Waals surface area contributed by atoms with Crippen LogP contribution in [0.25, 0.3) is 0 Å². The van der Waals surface area contributed by atoms with Crippen LogP contribution in [0.1, 0.15) is 57.2 Å². The van der Waals surface area contributed by atoms with Crippen molar-refractivity contribution in [1.29, 1.82) is 0 Å². The summed E-state index contributed by atoms with van der Waals surface area (Å²) in [4.78, 5) is 14.2. The molecule has 0 aliphatic rings. The first-order chi connectivity index (χ1) is 8.18. The van der Waals surface area contributed by atoms with Crippen molar-refractivity contribution in [1.82, 2.24) is 14.7 Å². The summed E-state index contributed by atoms with van der Waals surface area (Å²) in [6, 6.07) is 2.15. The molecule has 18 heavy (non-hydrogen) atoms. The third-order valence-corrected chi connectivity index (χ3v) is 3.44. The Morgan fingerprint density at radius 2 is 2.06 bits per heavy atom. The number of rotatable bonds is 3. The van der Waals surface area contributed by atoms with Crippen molar-refractivity contribution in [2.75, 3.05) is 7.05 Å². The average Bonchev–Trinajstić information content (AvgIpc) is 2.68. The summed E-state index contributed by atoms with van der Waals surface area (Å²) in [6.07, 6.45) is 0.951. The van der Waals surface area contributed by atoms with Crippen molar-refractivity contribution >= 4 is 5.91 Å². The summed E-state index contributed by atoms with van der Waals surface area (Å²) in [5.74, 6) is 0.0369. The zero-order chi connectivity index (χ0) is 14.1. The topological polar surface area (TPSA) is 38.1 Å². The lowest BCUT2D eigenvalue weighted by Gasteiger charge is -2.23. The van der Waals surface area contributed by atoms with Gasteiger partial charge in [-0.15, -0.1) is 0 Å². The molecule has 0 saturated carbocycles. The van der Waals surface area contributed by atoms with Gasteiger partial charge in [0.05, 0.1) is 5.69 Å². The summed E-state index contributed by atoms with van der Waals surface area (Å²) in [6.45, 7) is 10.4. The fourth-order valence-corrected chi connectivity index (χ4v) is 1.69. The molecule has 1 aromatic heterocycles. The summed E-state index contributed by atoms with van der Waals surface area (Å²) in [5, 5.41) is 4.44. The molecule has 1 amide bonds. The van der Waals surface area contributed by atoms with Gasteiger partial charge in [-0.1, -0.05) is 27.7 Å². The van der Waals surface area contributed by atoms with Crippen LogP contribution in [0.4, 0.5) is 0 Å². The standard InChI is InChI=1S/C14H25N3O/c1-8-10(2)16(6)13(18)11-9-12(14(3,4)5)15-17(11)7/h9-10H,8H2,1-7H3. The normalized spacial score (nSPS) is 13.5. The van der Waals surface area contributed by atoms with Gasteiger partial charge in [-0.05, 0) is 19.4 Å². The maximum atomic E-state index is 12.4. The molecule has 4 heteroatoms. The van der Waals surface area contributed by atoms with Gasteiger partial charge in [-0.2, -0.15) is 5.10 Å². The Bertz CT molecular complexity index is 429. The van der Waals surface area contributed by atoms with Crippen LogP contribution in [0.2, 0.25) is 0 Å². The Labute approximate surface area is 110 Å². The van der Waals surface area contributed by atoms with E-state index < -0.39 is 0 Å². The summed E-state index contributed by atoms with van der Waals surface area (Å²) in [5.41, 5.74) is 1.57. The lowest BCUT2D eigenvalue weighted by Crippen LogP contribution is -2.35. The molecule has 0 spiro atoms. The second kappa shape index (κ2) is 5.12. The highest BCUT2D eigenvalue weighted by Gasteiger charge is 2.24. The first-order valence-corrected chi connectivity index (χ1v) is 6.50. The van der Waals surface area contributed by atoms with E-state index in [0.717, 1.165) is 12.1 Å². The molecule has 1 rings (SSSR count). The van der Waals surface area contributed by atoms with Crippen molar-refractivity contribution in [3.63, 3.8) is 0 Å². The number of carbonyl (C=O) groups excluding carboxylic acids is 1. The lowest BCUT2D eigenvalue weighted by atomic mass is 9.92. The largest absolute Gasteiger partial charge is 0.338 e. The zero-order valence-corrected chi connectivity index (χ0v) is 12.6. The molecule has 0 N–H and O–H groups in total. The molecule has 1 unspecified atom stereocenters. The smallest absolute Gasteiger partial charge is 0.272 e. The van der Waals surface area contributed by atoms with E-state index in [0.29, 0.717) is 5.69 Å². The molecule has 0 bridgehead atoms. The van der Waals surface area contributed by atoms with Crippen LogP contribution in [0.3, 0.4) is 0 Å². The molecule has 4 nitrogen and oxygen atoms in total. The number of aromatic nitrogens is 2. The van der Waals surface area contributed by atoms with Crippen LogP contribution < -0.4 is 0 Å². The molecule has 0 aliphatic heterocycles. The van der Waals surface area contributed by atoms with E-state index in [1.807, 2.05) is 20.2 Å². The maximum Gasteiger partial charge on any atom is 0.272 e. The van der Waals surface area contributed by atoms with Crippen LogP contribution >= 0.6 is 0 Å². The Kier molecular flexibility index (Phi) is 4.20. The first kappa shape index (κ1) is 14.7. The predicted octanol–water partition coefficient (Wildman–Crippen LogP) is 2.59. The summed E-state index contributed by atoms with van der Waals surface area (Å²) >= 11 is 0. The Morgan fingerprint density at radius 1 is 1.50 bits per heavy atom. The predicted molar refractivity (Wildman–Crippen MR) is 73.8 cm³/mol. The number of hydrogen-bond acceptors (Lipinski definition) is 2. The van der Waals surface area contributed by atoms with Gasteiger partial charge >= 0.3 is 0 Å². The van der Waals surface area contributed by atoms with Gasteiger partial charge in [0.2, 0.25) is 0 Å². The number of aryl methyl sites for hydroxylation is 1. The molecule has 1 heterocycles. The van der Waals surface area contributed by atoms with Crippen LogP contribution in [-0.2, 0) is 12.5 Å². The van der Waals surface area contributed by atoms with Gasteiger partial charge in [0.15, 0.2) is 0 Å². The monoisotopic (exact) mass is 251 g/mol. The van der Waals surface area contributed by atoms with Gasteiger partial charge in [0, 0.05) is 25.6 Å². The van der Waals surface area contributed by atoms with Crippen molar-refractivity contribution in [3.8, 4) is 0 Å². The number of carbonyl (C=O) groups is 1. The number of amides is 1. The number of hydrogen-bond donors (Lipinski definition) is 0. The zero-order valence-electron chi connectivity index (χ0n) is 12.6. The van der Waals surface area contributed by atoms with E-state index in [9.17, 15) is 4.79 Å². The van der Waals surface area contributed by atoms with E-state index in [-0.39, 0.29) is 17.4 Å².